The second-order valence-electron chi connectivity index (χ2n) is 5.24. The third-order valence-electron chi connectivity index (χ3n) is 3.53. The van der Waals surface area contributed by atoms with Crippen LogP contribution in [0.15, 0.2) is 65.1 Å². The Morgan fingerprint density at radius 2 is 1.70 bits per heavy atom. The number of hydrogen-bond donors (Lipinski definition) is 1. The Morgan fingerprint density at radius 3 is 2.39 bits per heavy atom. The van der Waals surface area contributed by atoms with Crippen molar-refractivity contribution in [1.29, 1.82) is 0 Å². The maximum atomic E-state index is 12.0. The van der Waals surface area contributed by atoms with Crippen molar-refractivity contribution in [2.75, 3.05) is 6.54 Å². The van der Waals surface area contributed by atoms with E-state index in [0.717, 1.165) is 17.0 Å². The van der Waals surface area contributed by atoms with Crippen molar-refractivity contribution in [1.82, 2.24) is 10.3 Å². The monoisotopic (exact) mass is 306 g/mol. The summed E-state index contributed by atoms with van der Waals surface area (Å²) in [5.74, 6) is 1.35. The van der Waals surface area contributed by atoms with Gasteiger partial charge in [-0.2, -0.15) is 0 Å². The van der Waals surface area contributed by atoms with Crippen molar-refractivity contribution < 1.29 is 9.21 Å². The SMILES string of the molecule is Cc1nc(-c2ccccc2)c(CCNC(=O)c2ccccc2)o1. The van der Waals surface area contributed by atoms with Crippen LogP contribution in [0.3, 0.4) is 0 Å². The second-order valence-corrected chi connectivity index (χ2v) is 5.24. The minimum atomic E-state index is -0.0805. The molecule has 1 aromatic heterocycles. The molecule has 0 aliphatic carbocycles. The van der Waals surface area contributed by atoms with E-state index in [9.17, 15) is 4.79 Å². The number of amides is 1. The third kappa shape index (κ3) is 3.66. The average molecular weight is 306 g/mol. The summed E-state index contributed by atoms with van der Waals surface area (Å²) in [7, 11) is 0. The van der Waals surface area contributed by atoms with Gasteiger partial charge in [-0.1, -0.05) is 48.5 Å². The summed E-state index contributed by atoms with van der Waals surface area (Å²) in [6.07, 6.45) is 0.601. The smallest absolute Gasteiger partial charge is 0.251 e. The van der Waals surface area contributed by atoms with Gasteiger partial charge in [0.15, 0.2) is 5.89 Å². The highest BCUT2D eigenvalue weighted by Gasteiger charge is 2.13. The highest BCUT2D eigenvalue weighted by molar-refractivity contribution is 5.94. The Kier molecular flexibility index (Phi) is 4.52. The van der Waals surface area contributed by atoms with E-state index in [1.165, 1.54) is 0 Å². The summed E-state index contributed by atoms with van der Waals surface area (Å²) in [5.41, 5.74) is 2.52. The zero-order chi connectivity index (χ0) is 16.1. The normalized spacial score (nSPS) is 10.5. The van der Waals surface area contributed by atoms with Crippen LogP contribution < -0.4 is 5.32 Å². The molecule has 116 valence electrons. The molecule has 2 aromatic carbocycles. The van der Waals surface area contributed by atoms with E-state index in [0.29, 0.717) is 24.4 Å². The molecule has 1 N–H and O–H groups in total. The van der Waals surface area contributed by atoms with Crippen LogP contribution in [0.2, 0.25) is 0 Å². The molecule has 4 heteroatoms. The minimum Gasteiger partial charge on any atom is -0.445 e. The quantitative estimate of drug-likeness (QED) is 0.783. The summed E-state index contributed by atoms with van der Waals surface area (Å²) in [6, 6.07) is 19.1. The van der Waals surface area contributed by atoms with Crippen molar-refractivity contribution in [3.63, 3.8) is 0 Å². The number of carbonyl (C=O) groups excluding carboxylic acids is 1. The molecule has 0 unspecified atom stereocenters. The second kappa shape index (κ2) is 6.92. The summed E-state index contributed by atoms with van der Waals surface area (Å²) >= 11 is 0. The first-order valence-corrected chi connectivity index (χ1v) is 7.59. The topological polar surface area (TPSA) is 55.1 Å². The number of aromatic nitrogens is 1. The fraction of sp³-hybridized carbons (Fsp3) is 0.158. The maximum Gasteiger partial charge on any atom is 0.251 e. The zero-order valence-electron chi connectivity index (χ0n) is 13.0. The van der Waals surface area contributed by atoms with E-state index in [1.807, 2.05) is 55.5 Å². The third-order valence-corrected chi connectivity index (χ3v) is 3.53. The molecule has 0 aliphatic heterocycles. The molecule has 3 aromatic rings. The summed E-state index contributed by atoms with van der Waals surface area (Å²) < 4.78 is 5.69. The van der Waals surface area contributed by atoms with Crippen LogP contribution in [0, 0.1) is 6.92 Å². The maximum absolute atomic E-state index is 12.0. The van der Waals surface area contributed by atoms with Gasteiger partial charge in [-0.25, -0.2) is 4.98 Å². The Labute approximate surface area is 135 Å². The molecular weight excluding hydrogens is 288 g/mol. The molecule has 0 atom stereocenters. The lowest BCUT2D eigenvalue weighted by Crippen LogP contribution is -2.25. The Bertz CT molecular complexity index is 780. The van der Waals surface area contributed by atoms with Crippen molar-refractivity contribution in [3.05, 3.63) is 77.9 Å². The fourth-order valence-corrected chi connectivity index (χ4v) is 2.44. The van der Waals surface area contributed by atoms with E-state index in [2.05, 4.69) is 10.3 Å². The van der Waals surface area contributed by atoms with Crippen LogP contribution >= 0.6 is 0 Å². The largest absolute Gasteiger partial charge is 0.445 e. The number of rotatable bonds is 5. The first-order valence-electron chi connectivity index (χ1n) is 7.59. The Hall–Kier alpha value is -2.88. The number of benzene rings is 2. The van der Waals surface area contributed by atoms with Gasteiger partial charge in [0.2, 0.25) is 0 Å². The van der Waals surface area contributed by atoms with Crippen LogP contribution in [0.1, 0.15) is 22.0 Å². The number of hydrogen-bond acceptors (Lipinski definition) is 3. The van der Waals surface area contributed by atoms with Crippen molar-refractivity contribution >= 4 is 5.91 Å². The first-order chi connectivity index (χ1) is 11.2. The van der Waals surface area contributed by atoms with Crippen LogP contribution in [-0.2, 0) is 6.42 Å². The molecule has 0 radical (unpaired) electrons. The lowest BCUT2D eigenvalue weighted by Gasteiger charge is -2.05. The van der Waals surface area contributed by atoms with Crippen LogP contribution in [0.25, 0.3) is 11.3 Å². The molecule has 0 bridgehead atoms. The molecule has 23 heavy (non-hydrogen) atoms. The average Bonchev–Trinajstić information content (AvgIpc) is 2.97. The highest BCUT2D eigenvalue weighted by Crippen LogP contribution is 2.23. The summed E-state index contributed by atoms with van der Waals surface area (Å²) in [4.78, 5) is 16.5. The standard InChI is InChI=1S/C19H18N2O2/c1-14-21-18(15-8-4-2-5-9-15)17(23-14)12-13-20-19(22)16-10-6-3-7-11-16/h2-11H,12-13H2,1H3,(H,20,22). The van der Waals surface area contributed by atoms with Gasteiger partial charge in [-0.15, -0.1) is 0 Å². The van der Waals surface area contributed by atoms with E-state index in [1.54, 1.807) is 12.1 Å². The highest BCUT2D eigenvalue weighted by atomic mass is 16.4. The lowest BCUT2D eigenvalue weighted by molar-refractivity contribution is 0.0953. The number of aryl methyl sites for hydroxylation is 1. The molecule has 0 spiro atoms. The molecule has 0 aliphatic rings. The lowest BCUT2D eigenvalue weighted by atomic mass is 10.1. The first kappa shape index (κ1) is 15.0. The summed E-state index contributed by atoms with van der Waals surface area (Å²) in [6.45, 7) is 2.33. The van der Waals surface area contributed by atoms with E-state index in [-0.39, 0.29) is 5.91 Å². The van der Waals surface area contributed by atoms with Crippen LogP contribution in [-0.4, -0.2) is 17.4 Å². The van der Waals surface area contributed by atoms with Crippen molar-refractivity contribution in [2.24, 2.45) is 0 Å². The molecule has 0 saturated carbocycles. The minimum absolute atomic E-state index is 0.0805. The number of nitrogens with one attached hydrogen (secondary N) is 1. The molecule has 4 nitrogen and oxygen atoms in total. The van der Waals surface area contributed by atoms with Gasteiger partial charge in [-0.05, 0) is 12.1 Å². The van der Waals surface area contributed by atoms with Crippen LogP contribution in [0.4, 0.5) is 0 Å². The van der Waals surface area contributed by atoms with Gasteiger partial charge in [0, 0.05) is 31.0 Å². The van der Waals surface area contributed by atoms with Gasteiger partial charge < -0.3 is 9.73 Å². The molecule has 1 amide bonds. The predicted octanol–water partition coefficient (Wildman–Crippen LogP) is 3.62. The van der Waals surface area contributed by atoms with Gasteiger partial charge >= 0.3 is 0 Å². The Balaban J connectivity index is 1.66. The van der Waals surface area contributed by atoms with Crippen molar-refractivity contribution in [3.8, 4) is 11.3 Å². The van der Waals surface area contributed by atoms with E-state index < -0.39 is 0 Å². The Morgan fingerprint density at radius 1 is 1.04 bits per heavy atom. The summed E-state index contributed by atoms with van der Waals surface area (Å²) in [5, 5.41) is 2.91. The molecule has 0 fully saturated rings. The van der Waals surface area contributed by atoms with E-state index >= 15 is 0 Å². The molecule has 1 heterocycles. The van der Waals surface area contributed by atoms with E-state index in [4.69, 9.17) is 4.42 Å². The van der Waals surface area contributed by atoms with Crippen LogP contribution in [0.5, 0.6) is 0 Å². The van der Waals surface area contributed by atoms with Gasteiger partial charge in [0.05, 0.1) is 0 Å². The molecule has 3 rings (SSSR count). The number of oxazole rings is 1. The van der Waals surface area contributed by atoms with Crippen molar-refractivity contribution in [2.45, 2.75) is 13.3 Å². The fourth-order valence-electron chi connectivity index (χ4n) is 2.44. The zero-order valence-corrected chi connectivity index (χ0v) is 13.0. The number of carbonyl (C=O) groups is 1. The molecule has 0 saturated heterocycles. The van der Waals surface area contributed by atoms with Gasteiger partial charge in [0.25, 0.3) is 5.91 Å². The molecular formula is C19H18N2O2. The van der Waals surface area contributed by atoms with Gasteiger partial charge in [-0.3, -0.25) is 4.79 Å². The van der Waals surface area contributed by atoms with Gasteiger partial charge in [0.1, 0.15) is 11.5 Å². The predicted molar refractivity (Wildman–Crippen MR) is 89.2 cm³/mol. The number of nitrogens with zero attached hydrogens (tertiary/aromatic N) is 1.